The molecule has 260 valence electrons. The van der Waals surface area contributed by atoms with Crippen LogP contribution in [0.5, 0.6) is 0 Å². The first-order valence-electron chi connectivity index (χ1n) is 15.9. The molecule has 0 aliphatic heterocycles. The predicted octanol–water partition coefficient (Wildman–Crippen LogP) is 5.20. The summed E-state index contributed by atoms with van der Waals surface area (Å²) in [7, 11) is 2.83. The topological polar surface area (TPSA) is 151 Å². The Bertz CT molecular complexity index is 654. The standard InChI is InChI=1S/2C9H14O5.2C8H17.Sn/c2*1-3-4-9(13-2)14-8(12)6-5-7(10)11;2*1-3-5-7-8-6-4-2;/h2*5-6,9H,3-4H2,1-2H3,(H,10,11);2*1,3-8H2,2H3;/q;;;;+2/p-2/b2*6-5-;;;. The zero-order valence-corrected chi connectivity index (χ0v) is 31.6. The van der Waals surface area contributed by atoms with Crippen LogP contribution in [0.4, 0.5) is 0 Å². The summed E-state index contributed by atoms with van der Waals surface area (Å²) >= 11 is 0. The number of hydrogen-bond acceptors (Lipinski definition) is 10. The van der Waals surface area contributed by atoms with Crippen molar-refractivity contribution in [1.82, 2.24) is 0 Å². The average molecular weight is 748 g/mol. The average Bonchev–Trinajstić information content (AvgIpc) is 3.00. The van der Waals surface area contributed by atoms with E-state index in [0.29, 0.717) is 25.0 Å². The van der Waals surface area contributed by atoms with Gasteiger partial charge in [0.1, 0.15) is 0 Å². The van der Waals surface area contributed by atoms with Crippen molar-refractivity contribution in [2.24, 2.45) is 0 Å². The molecule has 0 N–H and O–H groups in total. The van der Waals surface area contributed by atoms with Crippen LogP contribution in [0.15, 0.2) is 24.3 Å². The second-order valence-corrected chi connectivity index (χ2v) is 9.62. The number of ether oxygens (including phenoxy) is 4. The summed E-state index contributed by atoms with van der Waals surface area (Å²) in [6, 6.07) is 0. The van der Waals surface area contributed by atoms with Gasteiger partial charge in [-0.3, -0.25) is 0 Å². The number of carbonyl (C=O) groups excluding carboxylic acids is 4. The van der Waals surface area contributed by atoms with Crippen molar-refractivity contribution in [3.05, 3.63) is 38.2 Å². The number of carbonyl (C=O) groups is 4. The third kappa shape index (κ3) is 51.9. The summed E-state index contributed by atoms with van der Waals surface area (Å²) in [5.41, 5.74) is 0. The van der Waals surface area contributed by atoms with E-state index in [1.54, 1.807) is 0 Å². The first kappa shape index (κ1) is 52.6. The van der Waals surface area contributed by atoms with E-state index in [2.05, 4.69) is 27.7 Å². The van der Waals surface area contributed by atoms with Gasteiger partial charge in [-0.25, -0.2) is 9.59 Å². The molecule has 0 heterocycles. The smallest absolute Gasteiger partial charge is 0.545 e. The second-order valence-electron chi connectivity index (χ2n) is 9.62. The van der Waals surface area contributed by atoms with Crippen LogP contribution >= 0.6 is 0 Å². The van der Waals surface area contributed by atoms with Crippen LogP contribution < -0.4 is 10.2 Å². The number of hydrogen-bond donors (Lipinski definition) is 0. The maximum absolute atomic E-state index is 10.9. The molecule has 0 aromatic heterocycles. The SMILES string of the molecule is CCCC(OC)OC(=O)/C=C\C(=O)[O-].CCCC(OC)OC(=O)/C=C\C(=O)[O-].[CH2]CCCCCCC.[CH2]CCCCCCC.[Sn+2]. The fraction of sp³-hybridized carbons (Fsp3) is 0.706. The van der Waals surface area contributed by atoms with Gasteiger partial charge >= 0.3 is 35.8 Å². The Kier molecular flexibility index (Phi) is 51.7. The Hall–Kier alpha value is -1.92. The molecule has 45 heavy (non-hydrogen) atoms. The summed E-state index contributed by atoms with van der Waals surface area (Å²) in [6.45, 7) is 15.9. The number of unbranched alkanes of at least 4 members (excludes halogenated alkanes) is 10. The maximum atomic E-state index is 10.9. The number of carboxylic acid groups (broad SMARTS) is 2. The van der Waals surface area contributed by atoms with Crippen molar-refractivity contribution in [2.75, 3.05) is 14.2 Å². The predicted molar refractivity (Wildman–Crippen MR) is 175 cm³/mol. The van der Waals surface area contributed by atoms with Crippen molar-refractivity contribution >= 4 is 47.8 Å². The third-order valence-corrected chi connectivity index (χ3v) is 5.49. The first-order valence-corrected chi connectivity index (χ1v) is 15.9. The Balaban J connectivity index is -0.000000162. The van der Waals surface area contributed by atoms with Gasteiger partial charge in [0.15, 0.2) is 0 Å². The van der Waals surface area contributed by atoms with Crippen molar-refractivity contribution in [3.8, 4) is 0 Å². The maximum Gasteiger partial charge on any atom is 2.00 e. The molecule has 0 bridgehead atoms. The molecular weight excluding hydrogens is 687 g/mol. The Morgan fingerprint density at radius 2 is 0.867 bits per heavy atom. The Morgan fingerprint density at radius 3 is 1.09 bits per heavy atom. The molecule has 10 nitrogen and oxygen atoms in total. The molecule has 0 saturated carbocycles. The minimum absolute atomic E-state index is 0. The van der Waals surface area contributed by atoms with Crippen LogP contribution in [-0.4, -0.2) is 74.6 Å². The summed E-state index contributed by atoms with van der Waals surface area (Å²) in [4.78, 5) is 41.7. The zero-order chi connectivity index (χ0) is 34.4. The molecule has 2 atom stereocenters. The third-order valence-electron chi connectivity index (χ3n) is 5.49. The van der Waals surface area contributed by atoms with Crippen LogP contribution in [0.3, 0.4) is 0 Å². The molecule has 0 aromatic carbocycles. The van der Waals surface area contributed by atoms with Crippen LogP contribution in [0.1, 0.15) is 130 Å². The molecular formula is C34H60O10Sn. The van der Waals surface area contributed by atoms with E-state index in [9.17, 15) is 29.4 Å². The van der Waals surface area contributed by atoms with Crippen LogP contribution in [0.25, 0.3) is 0 Å². The first-order chi connectivity index (χ1) is 21.0. The van der Waals surface area contributed by atoms with Gasteiger partial charge in [0.25, 0.3) is 0 Å². The van der Waals surface area contributed by atoms with Gasteiger partial charge in [0.2, 0.25) is 12.6 Å². The molecule has 0 fully saturated rings. The fourth-order valence-electron chi connectivity index (χ4n) is 3.09. The molecule has 0 rings (SSSR count). The molecule has 11 heteroatoms. The van der Waals surface area contributed by atoms with E-state index in [1.807, 2.05) is 13.8 Å². The number of aliphatic carboxylic acids is 2. The second kappa shape index (κ2) is 44.2. The number of methoxy groups -OCH3 is 2. The van der Waals surface area contributed by atoms with Crippen LogP contribution in [0, 0.1) is 13.8 Å². The Labute approximate surface area is 290 Å². The van der Waals surface area contributed by atoms with E-state index >= 15 is 0 Å². The summed E-state index contributed by atoms with van der Waals surface area (Å²) in [5, 5.41) is 19.9. The monoisotopic (exact) mass is 748 g/mol. The quantitative estimate of drug-likeness (QED) is 0.0476. The van der Waals surface area contributed by atoms with E-state index in [4.69, 9.17) is 18.9 Å². The normalized spacial score (nSPS) is 11.4. The summed E-state index contributed by atoms with van der Waals surface area (Å²) < 4.78 is 19.2. The van der Waals surface area contributed by atoms with Crippen LogP contribution in [0.2, 0.25) is 0 Å². The molecule has 0 aliphatic carbocycles. The van der Waals surface area contributed by atoms with E-state index in [-0.39, 0.29) is 23.9 Å². The minimum atomic E-state index is -1.44. The number of carboxylic acids is 2. The van der Waals surface area contributed by atoms with Gasteiger partial charge in [-0.2, -0.15) is 0 Å². The van der Waals surface area contributed by atoms with Gasteiger partial charge in [0, 0.05) is 39.2 Å². The van der Waals surface area contributed by atoms with E-state index in [1.165, 1.54) is 78.4 Å². The van der Waals surface area contributed by atoms with Crippen molar-refractivity contribution in [3.63, 3.8) is 0 Å². The molecule has 0 amide bonds. The molecule has 0 spiro atoms. The van der Waals surface area contributed by atoms with Gasteiger partial charge in [-0.15, -0.1) is 0 Å². The summed E-state index contributed by atoms with van der Waals surface area (Å²) in [5.74, 6) is -4.39. The fourth-order valence-corrected chi connectivity index (χ4v) is 3.09. The van der Waals surface area contributed by atoms with Crippen LogP contribution in [-0.2, 0) is 38.1 Å². The van der Waals surface area contributed by atoms with Crippen molar-refractivity contribution in [1.29, 1.82) is 0 Å². The number of rotatable bonds is 22. The number of esters is 2. The van der Waals surface area contributed by atoms with Gasteiger partial charge in [-0.1, -0.05) is 131 Å². The largest absolute Gasteiger partial charge is 2.00 e. The van der Waals surface area contributed by atoms with Gasteiger partial charge < -0.3 is 38.7 Å². The minimum Gasteiger partial charge on any atom is -0.545 e. The molecule has 0 aliphatic rings. The Morgan fingerprint density at radius 1 is 0.556 bits per heavy atom. The molecule has 2 unspecified atom stereocenters. The van der Waals surface area contributed by atoms with Crippen molar-refractivity contribution in [2.45, 2.75) is 143 Å². The van der Waals surface area contributed by atoms with Gasteiger partial charge in [-0.05, 0) is 12.2 Å². The zero-order valence-electron chi connectivity index (χ0n) is 28.8. The van der Waals surface area contributed by atoms with Crippen molar-refractivity contribution < 1.29 is 48.3 Å². The van der Waals surface area contributed by atoms with E-state index < -0.39 is 36.5 Å². The molecule has 0 saturated heterocycles. The van der Waals surface area contributed by atoms with E-state index in [0.717, 1.165) is 37.8 Å². The molecule has 0 aromatic rings. The summed E-state index contributed by atoms with van der Waals surface area (Å²) in [6.07, 6.45) is 20.2. The molecule has 4 radical (unpaired) electrons. The van der Waals surface area contributed by atoms with Gasteiger partial charge in [0.05, 0.1) is 11.9 Å².